The normalized spacial score (nSPS) is 12.8. The molecule has 2 N–H and O–H groups in total. The molecule has 262 valence electrons. The quantitative estimate of drug-likeness (QED) is 0.0633. The van der Waals surface area contributed by atoms with Gasteiger partial charge < -0.3 is 25.8 Å². The Kier molecular flexibility index (Phi) is 16.5. The standard InChI is InChI=1S/C32H33N7O9S2.2Na/c1-6-38(17-26(40)41)22-11-12-25(18(2)13-22)34-27-28(32(3,4)5)36-39-30(27)35-29(37-39)19-7-9-21(10-8-19)33-31(42)20-14-23(49-47-45-43)16-24(15-20)50-48-46-44;;/h7-16,43-44H,6,17H2,1-5H3,(H,33,42)(H,40,41);;/q;2*+1/p-2. The van der Waals surface area contributed by atoms with Gasteiger partial charge >= 0.3 is 65.1 Å². The fourth-order valence-electron chi connectivity index (χ4n) is 4.94. The van der Waals surface area contributed by atoms with Gasteiger partial charge in [0.1, 0.15) is 12.3 Å². The number of nitrogens with one attached hydrogen (secondary N) is 1. The van der Waals surface area contributed by atoms with Crippen molar-refractivity contribution in [3.63, 3.8) is 0 Å². The van der Waals surface area contributed by atoms with Gasteiger partial charge in [-0.1, -0.05) is 20.8 Å². The molecule has 1 aliphatic rings. The summed E-state index contributed by atoms with van der Waals surface area (Å²) in [5.41, 5.74) is 4.56. The fraction of sp³-hybridized carbons (Fsp3) is 0.250. The van der Waals surface area contributed by atoms with E-state index < -0.39 is 11.9 Å². The number of anilines is 2. The molecule has 20 heteroatoms. The number of hydrogen-bond acceptors (Lipinski definition) is 15. The van der Waals surface area contributed by atoms with Crippen LogP contribution in [0.2, 0.25) is 0 Å². The molecule has 1 aliphatic heterocycles. The van der Waals surface area contributed by atoms with Crippen LogP contribution in [-0.4, -0.2) is 56.4 Å². The maximum Gasteiger partial charge on any atom is 1.00 e. The van der Waals surface area contributed by atoms with Crippen molar-refractivity contribution in [2.75, 3.05) is 23.3 Å². The minimum absolute atomic E-state index is 0. The van der Waals surface area contributed by atoms with Gasteiger partial charge in [-0.05, 0) is 80.1 Å². The van der Waals surface area contributed by atoms with Crippen LogP contribution in [0.15, 0.2) is 80.5 Å². The third-order valence-corrected chi connectivity index (χ3v) is 8.38. The fourth-order valence-corrected chi connectivity index (χ4v) is 5.93. The van der Waals surface area contributed by atoms with E-state index in [-0.39, 0.29) is 76.6 Å². The number of fused-ring (bicyclic) bond motifs is 1. The molecule has 3 aromatic carbocycles. The number of aromatic nitrogens is 3. The summed E-state index contributed by atoms with van der Waals surface area (Å²) >= 11 is 1.13. The first-order valence-corrected chi connectivity index (χ1v) is 16.4. The summed E-state index contributed by atoms with van der Waals surface area (Å²) in [5, 5.41) is 48.7. The molecule has 0 spiro atoms. The van der Waals surface area contributed by atoms with Crippen molar-refractivity contribution in [3.8, 4) is 11.4 Å². The molecule has 52 heavy (non-hydrogen) atoms. The van der Waals surface area contributed by atoms with E-state index in [4.69, 9.17) is 15.1 Å². The molecule has 0 atom stereocenters. The molecule has 5 rings (SSSR count). The van der Waals surface area contributed by atoms with Gasteiger partial charge in [0.25, 0.3) is 5.91 Å². The first-order valence-electron chi connectivity index (χ1n) is 15.0. The Hall–Kier alpha value is -2.66. The summed E-state index contributed by atoms with van der Waals surface area (Å²) in [6, 6.07) is 16.9. The van der Waals surface area contributed by atoms with Gasteiger partial charge in [0.05, 0.1) is 35.5 Å². The maximum absolute atomic E-state index is 13.1. The molecular weight excluding hydrogens is 737 g/mol. The second-order valence-corrected chi connectivity index (χ2v) is 13.4. The van der Waals surface area contributed by atoms with Gasteiger partial charge in [0.15, 0.2) is 5.82 Å². The number of carboxylic acids is 1. The van der Waals surface area contributed by atoms with Crippen LogP contribution in [0.5, 0.6) is 0 Å². The number of amides is 1. The minimum Gasteiger partial charge on any atom is -0.691 e. The third kappa shape index (κ3) is 11.0. The van der Waals surface area contributed by atoms with Gasteiger partial charge in [-0.3, -0.25) is 19.7 Å². The zero-order chi connectivity index (χ0) is 36.0. The van der Waals surface area contributed by atoms with Gasteiger partial charge in [0.2, 0.25) is 5.82 Å². The number of rotatable bonds is 14. The van der Waals surface area contributed by atoms with Crippen LogP contribution < -0.4 is 79.8 Å². The van der Waals surface area contributed by atoms with Crippen molar-refractivity contribution in [2.24, 2.45) is 15.5 Å². The van der Waals surface area contributed by atoms with E-state index in [9.17, 15) is 25.2 Å². The summed E-state index contributed by atoms with van der Waals surface area (Å²) in [6.07, 6.45) is 0. The summed E-state index contributed by atoms with van der Waals surface area (Å²) in [6.45, 7) is 10.3. The molecule has 0 aliphatic carbocycles. The number of carbonyl (C=O) groups is 2. The van der Waals surface area contributed by atoms with Crippen LogP contribution in [-0.2, 0) is 23.5 Å². The number of carbonyl (C=O) groups excluding carboxylic acids is 1. The van der Waals surface area contributed by atoms with E-state index in [0.717, 1.165) is 11.3 Å². The van der Waals surface area contributed by atoms with E-state index in [2.05, 4.69) is 29.2 Å². The van der Waals surface area contributed by atoms with Crippen LogP contribution in [0, 0.1) is 12.3 Å². The van der Waals surface area contributed by atoms with Gasteiger partial charge in [-0.15, -0.1) is 9.89 Å². The molecule has 0 saturated heterocycles. The number of nitrogens with zero attached hydrogens (tertiary/aromatic N) is 6. The average Bonchev–Trinajstić information content (AvgIpc) is 3.65. The predicted molar refractivity (Wildman–Crippen MR) is 181 cm³/mol. The van der Waals surface area contributed by atoms with Crippen LogP contribution in [0.3, 0.4) is 0 Å². The number of aliphatic imine (C=N–C) groups is 1. The monoisotopic (exact) mass is 767 g/mol. The maximum atomic E-state index is 13.1. The third-order valence-electron chi connectivity index (χ3n) is 7.28. The smallest absolute Gasteiger partial charge is 0.691 e. The molecule has 0 radical (unpaired) electrons. The SMILES string of the molecule is CCN(CC(=O)O)c1ccc(N=C2C(C(C)(C)C)=Nn3nc(-c4ccc(NC(=O)c5cc(SOO[O-])cc(SOO[O-])c5)cc4)nc32)c(C)c1.[Na+].[Na+]. The summed E-state index contributed by atoms with van der Waals surface area (Å²) in [7, 11) is 0. The zero-order valence-electron chi connectivity index (χ0n) is 29.4. The van der Waals surface area contributed by atoms with Crippen LogP contribution in [0.25, 0.3) is 11.4 Å². The second kappa shape index (κ2) is 19.6. The Bertz CT molecular complexity index is 1930. The van der Waals surface area contributed by atoms with E-state index in [1.165, 1.54) is 23.0 Å². The topological polar surface area (TPSA) is 208 Å². The molecule has 0 saturated carbocycles. The van der Waals surface area contributed by atoms with Gasteiger partial charge in [-0.25, -0.2) is 9.98 Å². The second-order valence-electron chi connectivity index (χ2n) is 11.8. The number of likely N-dealkylation sites (N-methyl/N-ethyl adjacent to an activating group) is 1. The number of carboxylic acid groups (broad SMARTS) is 1. The molecule has 16 nitrogen and oxygen atoms in total. The molecule has 0 fully saturated rings. The largest absolute Gasteiger partial charge is 1.00 e. The van der Waals surface area contributed by atoms with Gasteiger partial charge in [0, 0.05) is 44.3 Å². The predicted octanol–water partition coefficient (Wildman–Crippen LogP) is -1.73. The number of hydrogen-bond donors (Lipinski definition) is 2. The minimum atomic E-state index is -0.907. The average molecular weight is 768 g/mol. The van der Waals surface area contributed by atoms with Crippen molar-refractivity contribution >= 4 is 64.4 Å². The van der Waals surface area contributed by atoms with E-state index in [0.29, 0.717) is 80.4 Å². The number of aliphatic carboxylic acids is 1. The zero-order valence-corrected chi connectivity index (χ0v) is 35.0. The van der Waals surface area contributed by atoms with Crippen molar-refractivity contribution in [2.45, 2.75) is 44.4 Å². The molecule has 2 heterocycles. The first kappa shape index (κ1) is 43.7. The summed E-state index contributed by atoms with van der Waals surface area (Å²) < 4.78 is 8.68. The molecule has 1 amide bonds. The van der Waals surface area contributed by atoms with Crippen molar-refractivity contribution in [3.05, 3.63) is 77.6 Å². The molecular formula is C32H31N7Na2O9S2. The van der Waals surface area contributed by atoms with Crippen molar-refractivity contribution in [1.29, 1.82) is 0 Å². The molecule has 1 aromatic heterocycles. The summed E-state index contributed by atoms with van der Waals surface area (Å²) in [4.78, 5) is 38.0. The number of benzene rings is 3. The first-order chi connectivity index (χ1) is 23.9. The van der Waals surface area contributed by atoms with Crippen LogP contribution >= 0.6 is 24.1 Å². The van der Waals surface area contributed by atoms with Crippen molar-refractivity contribution < 1.29 is 103 Å². The number of aryl methyl sites for hydroxylation is 1. The molecule has 0 bridgehead atoms. The molecule has 4 aromatic rings. The van der Waals surface area contributed by atoms with Crippen LogP contribution in [0.4, 0.5) is 17.1 Å². The Labute approximate surface area is 351 Å². The Morgan fingerprint density at radius 2 is 1.62 bits per heavy atom. The van der Waals surface area contributed by atoms with Gasteiger partial charge in [-0.2, -0.15) is 13.8 Å². The van der Waals surface area contributed by atoms with E-state index >= 15 is 0 Å². The summed E-state index contributed by atoms with van der Waals surface area (Å²) in [5.74, 6) is -0.537. The van der Waals surface area contributed by atoms with Crippen molar-refractivity contribution in [1.82, 2.24) is 14.9 Å². The Balaban J connectivity index is 0.00000364. The Morgan fingerprint density at radius 1 is 0.981 bits per heavy atom. The van der Waals surface area contributed by atoms with E-state index in [1.807, 2.05) is 52.8 Å². The van der Waals surface area contributed by atoms with Crippen LogP contribution in [0.1, 0.15) is 49.4 Å². The molecule has 0 unspecified atom stereocenters. The van der Waals surface area contributed by atoms with E-state index in [1.54, 1.807) is 29.2 Å². The Morgan fingerprint density at radius 3 is 2.15 bits per heavy atom.